The predicted molar refractivity (Wildman–Crippen MR) is 102 cm³/mol. The molecule has 0 radical (unpaired) electrons. The van der Waals surface area contributed by atoms with Crippen molar-refractivity contribution in [2.24, 2.45) is 0 Å². The molecule has 0 fully saturated rings. The molecule has 130 valence electrons. The molecule has 2 aliphatic heterocycles. The summed E-state index contributed by atoms with van der Waals surface area (Å²) in [5.41, 5.74) is 0. The summed E-state index contributed by atoms with van der Waals surface area (Å²) in [6.07, 6.45) is 10.8. The number of fused-ring (bicyclic) bond motifs is 6. The van der Waals surface area contributed by atoms with Crippen LogP contribution < -0.4 is 0 Å². The zero-order valence-corrected chi connectivity index (χ0v) is 15.2. The van der Waals surface area contributed by atoms with Crippen LogP contribution in [0.25, 0.3) is 0 Å². The fourth-order valence-corrected chi connectivity index (χ4v) is 3.19. The minimum Gasteiger partial charge on any atom is -0.302 e. The second-order valence-electron chi connectivity index (χ2n) is 6.66. The molecule has 2 heteroatoms. The first-order valence-corrected chi connectivity index (χ1v) is 9.77. The van der Waals surface area contributed by atoms with Crippen LogP contribution in [0.1, 0.15) is 64.2 Å². The Morgan fingerprint density at radius 1 is 0.333 bits per heavy atom. The van der Waals surface area contributed by atoms with Crippen molar-refractivity contribution in [3.8, 4) is 35.5 Å². The highest BCUT2D eigenvalue weighted by atomic mass is 15.1. The molecule has 0 N–H and O–H groups in total. The molecule has 2 heterocycles. The quantitative estimate of drug-likeness (QED) is 0.629. The number of hydrogen-bond donors (Lipinski definition) is 0. The standard InChI is InChI=1S/C22H32N2/c1-2-6-12-18-24-20-14-8-4-3-7-13-19-23(17-11-5-1)21-15-9-10-16-22-24/h5-8,11-22H2. The minimum absolute atomic E-state index is 0.997. The summed E-state index contributed by atoms with van der Waals surface area (Å²) in [5.74, 6) is 20.3. The molecule has 0 saturated carbocycles. The van der Waals surface area contributed by atoms with E-state index in [1.165, 1.54) is 25.7 Å². The highest BCUT2D eigenvalue weighted by Crippen LogP contribution is 2.04. The van der Waals surface area contributed by atoms with Crippen LogP contribution in [0.15, 0.2) is 0 Å². The third kappa shape index (κ3) is 9.03. The molecule has 0 amide bonds. The van der Waals surface area contributed by atoms with Gasteiger partial charge in [-0.15, -0.1) is 35.5 Å². The number of nitrogens with zero attached hydrogens (tertiary/aromatic N) is 2. The fourth-order valence-electron chi connectivity index (χ4n) is 3.19. The summed E-state index contributed by atoms with van der Waals surface area (Å²) in [7, 11) is 0. The van der Waals surface area contributed by atoms with E-state index in [2.05, 4.69) is 45.3 Å². The highest BCUT2D eigenvalue weighted by Gasteiger charge is 2.05. The lowest BCUT2D eigenvalue weighted by Crippen LogP contribution is -2.27. The lowest BCUT2D eigenvalue weighted by atomic mass is 10.2. The van der Waals surface area contributed by atoms with Crippen LogP contribution in [0, 0.1) is 35.5 Å². The molecular formula is C22H32N2. The average molecular weight is 325 g/mol. The van der Waals surface area contributed by atoms with Gasteiger partial charge in [0.2, 0.25) is 0 Å². The zero-order chi connectivity index (χ0) is 16.7. The summed E-state index contributed by atoms with van der Waals surface area (Å²) in [6.45, 7) is 6.79. The van der Waals surface area contributed by atoms with Crippen molar-refractivity contribution >= 4 is 0 Å². The van der Waals surface area contributed by atoms with E-state index in [-0.39, 0.29) is 0 Å². The van der Waals surface area contributed by atoms with Crippen LogP contribution in [-0.2, 0) is 0 Å². The van der Waals surface area contributed by atoms with Crippen LogP contribution in [0.5, 0.6) is 0 Å². The molecule has 2 nitrogen and oxygen atoms in total. The Morgan fingerprint density at radius 2 is 0.625 bits per heavy atom. The summed E-state index contributed by atoms with van der Waals surface area (Å²) in [6, 6.07) is 0. The van der Waals surface area contributed by atoms with Crippen LogP contribution in [0.4, 0.5) is 0 Å². The van der Waals surface area contributed by atoms with Crippen molar-refractivity contribution in [2.45, 2.75) is 64.2 Å². The van der Waals surface area contributed by atoms with Crippen molar-refractivity contribution in [3.05, 3.63) is 0 Å². The third-order valence-corrected chi connectivity index (χ3v) is 4.59. The van der Waals surface area contributed by atoms with Gasteiger partial charge in [-0.2, -0.15) is 0 Å². The summed E-state index contributed by atoms with van der Waals surface area (Å²) < 4.78 is 0. The molecule has 0 saturated heterocycles. The van der Waals surface area contributed by atoms with Crippen LogP contribution in [-0.4, -0.2) is 49.1 Å². The van der Waals surface area contributed by atoms with Gasteiger partial charge in [0, 0.05) is 51.6 Å². The molecule has 0 aliphatic carbocycles. The number of hydrogen-bond acceptors (Lipinski definition) is 2. The van der Waals surface area contributed by atoms with Gasteiger partial charge in [-0.3, -0.25) is 0 Å². The second kappa shape index (κ2) is 13.0. The Kier molecular flexibility index (Phi) is 10.2. The van der Waals surface area contributed by atoms with Crippen LogP contribution in [0.2, 0.25) is 0 Å². The van der Waals surface area contributed by atoms with E-state index >= 15 is 0 Å². The van der Waals surface area contributed by atoms with E-state index in [9.17, 15) is 0 Å². The summed E-state index contributed by atoms with van der Waals surface area (Å²) >= 11 is 0. The molecule has 2 aliphatic rings. The largest absolute Gasteiger partial charge is 0.302 e. The Balaban J connectivity index is 2.01. The summed E-state index contributed by atoms with van der Waals surface area (Å²) in [4.78, 5) is 5.12. The lowest BCUT2D eigenvalue weighted by molar-refractivity contribution is 0.273. The molecule has 0 unspecified atom stereocenters. The van der Waals surface area contributed by atoms with E-state index in [4.69, 9.17) is 0 Å². The van der Waals surface area contributed by atoms with Crippen molar-refractivity contribution in [3.63, 3.8) is 0 Å². The van der Waals surface area contributed by atoms with Crippen molar-refractivity contribution in [1.82, 2.24) is 9.80 Å². The number of rotatable bonds is 0. The lowest BCUT2D eigenvalue weighted by Gasteiger charge is -2.21. The van der Waals surface area contributed by atoms with Gasteiger partial charge in [0.15, 0.2) is 0 Å². The molecule has 2 rings (SSSR count). The predicted octanol–water partition coefficient (Wildman–Crippen LogP) is 3.53. The molecule has 0 spiro atoms. The molecule has 0 atom stereocenters. The molecule has 2 bridgehead atoms. The van der Waals surface area contributed by atoms with E-state index in [0.717, 1.165) is 77.8 Å². The monoisotopic (exact) mass is 324 g/mol. The van der Waals surface area contributed by atoms with Gasteiger partial charge in [0.05, 0.1) is 0 Å². The average Bonchev–Trinajstić information content (AvgIpc) is 2.58. The molecule has 24 heavy (non-hydrogen) atoms. The maximum Gasteiger partial charge on any atom is 0.0217 e. The Bertz CT molecular complexity index is 443. The summed E-state index contributed by atoms with van der Waals surface area (Å²) in [5, 5.41) is 0. The topological polar surface area (TPSA) is 6.48 Å². The van der Waals surface area contributed by atoms with Crippen LogP contribution >= 0.6 is 0 Å². The van der Waals surface area contributed by atoms with E-state index in [1.807, 2.05) is 0 Å². The van der Waals surface area contributed by atoms with E-state index < -0.39 is 0 Å². The van der Waals surface area contributed by atoms with Crippen molar-refractivity contribution < 1.29 is 0 Å². The second-order valence-corrected chi connectivity index (χ2v) is 6.66. The van der Waals surface area contributed by atoms with Gasteiger partial charge in [0.25, 0.3) is 0 Å². The SMILES string of the molecule is C1#CCCCN2CCC#CCCN(CCC1)CCCC#CCCC2. The Labute approximate surface area is 149 Å². The van der Waals surface area contributed by atoms with Gasteiger partial charge < -0.3 is 9.80 Å². The smallest absolute Gasteiger partial charge is 0.0217 e. The Morgan fingerprint density at radius 3 is 0.958 bits per heavy atom. The maximum absolute atomic E-state index is 3.39. The van der Waals surface area contributed by atoms with Gasteiger partial charge in [-0.25, -0.2) is 0 Å². The van der Waals surface area contributed by atoms with Crippen molar-refractivity contribution in [1.29, 1.82) is 0 Å². The third-order valence-electron chi connectivity index (χ3n) is 4.59. The molecule has 0 aromatic rings. The first kappa shape index (κ1) is 18.9. The maximum atomic E-state index is 3.39. The molecule has 0 aromatic carbocycles. The van der Waals surface area contributed by atoms with Crippen molar-refractivity contribution in [2.75, 3.05) is 39.3 Å². The van der Waals surface area contributed by atoms with E-state index in [0.29, 0.717) is 0 Å². The van der Waals surface area contributed by atoms with Gasteiger partial charge in [-0.05, 0) is 51.9 Å². The fraction of sp³-hybridized carbons (Fsp3) is 0.727. The van der Waals surface area contributed by atoms with Gasteiger partial charge in [-0.1, -0.05) is 0 Å². The van der Waals surface area contributed by atoms with Crippen LogP contribution in [0.3, 0.4) is 0 Å². The first-order valence-electron chi connectivity index (χ1n) is 9.77. The van der Waals surface area contributed by atoms with Gasteiger partial charge >= 0.3 is 0 Å². The Hall–Kier alpha value is -1.40. The zero-order valence-electron chi connectivity index (χ0n) is 15.2. The molecular weight excluding hydrogens is 292 g/mol. The normalized spacial score (nSPS) is 27.0. The highest BCUT2D eigenvalue weighted by molar-refractivity contribution is 5.02. The van der Waals surface area contributed by atoms with E-state index in [1.54, 1.807) is 0 Å². The molecule has 0 aromatic heterocycles. The van der Waals surface area contributed by atoms with Gasteiger partial charge in [0.1, 0.15) is 0 Å². The minimum atomic E-state index is 0.997. The first-order chi connectivity index (χ1) is 11.9.